The van der Waals surface area contributed by atoms with E-state index in [2.05, 4.69) is 36.4 Å². The monoisotopic (exact) mass is 446 g/mol. The predicted octanol–water partition coefficient (Wildman–Crippen LogP) is 5.21. The van der Waals surface area contributed by atoms with E-state index in [-0.39, 0.29) is 5.60 Å². The molecular weight excluding hydrogens is 411 g/mol. The SMILES string of the molecule is COC1CC[C@H]2[C@@H]3CCC4CC(O)(CI)CC[C@]4(C)[C@@H]3CC[C@]12C. The van der Waals surface area contributed by atoms with Crippen molar-refractivity contribution in [3.8, 4) is 0 Å². The maximum absolute atomic E-state index is 10.9. The molecule has 3 heteroatoms. The molecule has 4 fully saturated rings. The minimum absolute atomic E-state index is 0.380. The van der Waals surface area contributed by atoms with Crippen LogP contribution in [0.2, 0.25) is 0 Å². The highest BCUT2D eigenvalue weighted by Gasteiger charge is 2.61. The lowest BCUT2D eigenvalue weighted by Crippen LogP contribution is -2.56. The molecule has 0 amide bonds. The molecule has 24 heavy (non-hydrogen) atoms. The van der Waals surface area contributed by atoms with Crippen LogP contribution in [-0.4, -0.2) is 28.3 Å². The molecule has 0 radical (unpaired) electrons. The topological polar surface area (TPSA) is 29.5 Å². The van der Waals surface area contributed by atoms with Gasteiger partial charge in [-0.05, 0) is 92.3 Å². The summed E-state index contributed by atoms with van der Waals surface area (Å²) < 4.78 is 6.81. The third kappa shape index (κ3) is 2.46. The Morgan fingerprint density at radius 3 is 2.42 bits per heavy atom. The summed E-state index contributed by atoms with van der Waals surface area (Å²) in [6.45, 7) is 5.12. The van der Waals surface area contributed by atoms with Crippen LogP contribution in [0.25, 0.3) is 0 Å². The van der Waals surface area contributed by atoms with Crippen molar-refractivity contribution in [2.75, 3.05) is 11.5 Å². The van der Waals surface area contributed by atoms with Gasteiger partial charge in [0.05, 0.1) is 11.7 Å². The van der Waals surface area contributed by atoms with Crippen molar-refractivity contribution in [1.29, 1.82) is 0 Å². The highest BCUT2D eigenvalue weighted by atomic mass is 127. The second-order valence-electron chi connectivity index (χ2n) is 10.1. The van der Waals surface area contributed by atoms with Crippen molar-refractivity contribution < 1.29 is 9.84 Å². The lowest BCUT2D eigenvalue weighted by molar-refractivity contribution is -0.151. The van der Waals surface area contributed by atoms with Crippen molar-refractivity contribution in [3.05, 3.63) is 0 Å². The smallest absolute Gasteiger partial charge is 0.0739 e. The summed E-state index contributed by atoms with van der Waals surface area (Å²) in [4.78, 5) is 0. The molecule has 0 aromatic carbocycles. The number of ether oxygens (including phenoxy) is 1. The van der Waals surface area contributed by atoms with E-state index in [0.717, 1.165) is 40.9 Å². The van der Waals surface area contributed by atoms with Crippen LogP contribution in [0.3, 0.4) is 0 Å². The van der Waals surface area contributed by atoms with Gasteiger partial charge in [0.1, 0.15) is 0 Å². The lowest BCUT2D eigenvalue weighted by Gasteiger charge is -2.62. The van der Waals surface area contributed by atoms with Crippen molar-refractivity contribution in [3.63, 3.8) is 0 Å². The van der Waals surface area contributed by atoms with Crippen LogP contribution in [0.15, 0.2) is 0 Å². The van der Waals surface area contributed by atoms with E-state index in [4.69, 9.17) is 4.74 Å². The van der Waals surface area contributed by atoms with Gasteiger partial charge < -0.3 is 9.84 Å². The minimum Gasteiger partial charge on any atom is -0.389 e. The van der Waals surface area contributed by atoms with E-state index in [9.17, 15) is 5.11 Å². The molecule has 4 rings (SSSR count). The molecule has 4 aliphatic carbocycles. The van der Waals surface area contributed by atoms with Crippen LogP contribution in [0.5, 0.6) is 0 Å². The number of hydrogen-bond donors (Lipinski definition) is 1. The first-order chi connectivity index (χ1) is 11.4. The molecule has 8 atom stereocenters. The molecule has 0 aromatic heterocycles. The van der Waals surface area contributed by atoms with E-state index in [1.807, 2.05) is 7.11 Å². The predicted molar refractivity (Wildman–Crippen MR) is 106 cm³/mol. The van der Waals surface area contributed by atoms with E-state index in [1.54, 1.807) is 0 Å². The highest BCUT2D eigenvalue weighted by Crippen LogP contribution is 2.67. The third-order valence-electron chi connectivity index (χ3n) is 9.27. The molecule has 0 saturated heterocycles. The molecule has 3 unspecified atom stereocenters. The fourth-order valence-corrected chi connectivity index (χ4v) is 8.48. The van der Waals surface area contributed by atoms with Crippen LogP contribution < -0.4 is 0 Å². The van der Waals surface area contributed by atoms with E-state index in [1.165, 1.54) is 44.9 Å². The average molecular weight is 446 g/mol. The van der Waals surface area contributed by atoms with E-state index in [0.29, 0.717) is 16.9 Å². The number of fused-ring (bicyclic) bond motifs is 5. The first-order valence-corrected chi connectivity index (χ1v) is 11.7. The Balaban J connectivity index is 1.58. The van der Waals surface area contributed by atoms with Crippen LogP contribution in [0.1, 0.15) is 71.6 Å². The summed E-state index contributed by atoms with van der Waals surface area (Å²) in [5, 5.41) is 10.9. The second-order valence-corrected chi connectivity index (χ2v) is 10.8. The lowest BCUT2D eigenvalue weighted by atomic mass is 9.44. The number of methoxy groups -OCH3 is 1. The Labute approximate surface area is 161 Å². The van der Waals surface area contributed by atoms with Gasteiger partial charge in [0, 0.05) is 11.5 Å². The molecule has 0 aromatic rings. The van der Waals surface area contributed by atoms with Crippen LogP contribution in [-0.2, 0) is 4.74 Å². The molecule has 0 aliphatic heterocycles. The van der Waals surface area contributed by atoms with E-state index < -0.39 is 0 Å². The quantitative estimate of drug-likeness (QED) is 0.466. The summed E-state index contributed by atoms with van der Waals surface area (Å²) in [6.07, 6.45) is 12.0. The molecule has 0 bridgehead atoms. The standard InChI is InChI=1S/C21H35IO2/c1-19-10-11-21(23,13-22)12-14(19)4-5-15-16-6-7-18(24-3)20(16,2)9-8-17(15)19/h14-18,23H,4-13H2,1-3H3/t14?,15-,16-,17+,18?,19-,20-,21?/m0/s1. The average Bonchev–Trinajstić information content (AvgIpc) is 2.92. The van der Waals surface area contributed by atoms with Crippen LogP contribution in [0.4, 0.5) is 0 Å². The highest BCUT2D eigenvalue weighted by molar-refractivity contribution is 14.1. The van der Waals surface area contributed by atoms with Gasteiger partial charge in [-0.2, -0.15) is 0 Å². The van der Waals surface area contributed by atoms with Gasteiger partial charge in [0.2, 0.25) is 0 Å². The van der Waals surface area contributed by atoms with Gasteiger partial charge in [-0.3, -0.25) is 0 Å². The number of rotatable bonds is 2. The van der Waals surface area contributed by atoms with E-state index >= 15 is 0 Å². The van der Waals surface area contributed by atoms with Crippen molar-refractivity contribution in [1.82, 2.24) is 0 Å². The first-order valence-electron chi connectivity index (χ1n) is 10.2. The van der Waals surface area contributed by atoms with Crippen molar-refractivity contribution in [2.24, 2.45) is 34.5 Å². The van der Waals surface area contributed by atoms with Gasteiger partial charge >= 0.3 is 0 Å². The fourth-order valence-electron chi connectivity index (χ4n) is 7.78. The van der Waals surface area contributed by atoms with Gasteiger partial charge in [-0.25, -0.2) is 0 Å². The van der Waals surface area contributed by atoms with Gasteiger partial charge in [-0.15, -0.1) is 0 Å². The van der Waals surface area contributed by atoms with Crippen molar-refractivity contribution >= 4 is 22.6 Å². The molecule has 2 nitrogen and oxygen atoms in total. The zero-order valence-electron chi connectivity index (χ0n) is 15.7. The van der Waals surface area contributed by atoms with Crippen molar-refractivity contribution in [2.45, 2.75) is 83.3 Å². The second kappa shape index (κ2) is 6.09. The van der Waals surface area contributed by atoms with Gasteiger partial charge in [-0.1, -0.05) is 36.4 Å². The summed E-state index contributed by atoms with van der Waals surface area (Å²) in [7, 11) is 1.93. The summed E-state index contributed by atoms with van der Waals surface area (Å²) in [5.74, 6) is 3.43. The zero-order valence-corrected chi connectivity index (χ0v) is 17.8. The fraction of sp³-hybridized carbons (Fsp3) is 1.00. The Morgan fingerprint density at radius 2 is 1.71 bits per heavy atom. The summed E-state index contributed by atoms with van der Waals surface area (Å²) >= 11 is 2.39. The third-order valence-corrected chi connectivity index (χ3v) is 10.7. The number of aliphatic hydroxyl groups is 1. The maximum Gasteiger partial charge on any atom is 0.0739 e. The molecule has 138 valence electrons. The Hall–Kier alpha value is 0.650. The zero-order chi connectivity index (χ0) is 17.2. The number of halogens is 1. The molecule has 0 heterocycles. The Morgan fingerprint density at radius 1 is 0.958 bits per heavy atom. The molecule has 1 N–H and O–H groups in total. The van der Waals surface area contributed by atoms with Crippen LogP contribution in [0, 0.1) is 34.5 Å². The summed E-state index contributed by atoms with van der Waals surface area (Å²) in [6, 6.07) is 0. The number of alkyl halides is 1. The molecule has 4 aliphatic rings. The largest absolute Gasteiger partial charge is 0.389 e. The first kappa shape index (κ1) is 18.0. The maximum atomic E-state index is 10.9. The van der Waals surface area contributed by atoms with Gasteiger partial charge in [0.25, 0.3) is 0 Å². The Kier molecular flexibility index (Phi) is 4.57. The molecule has 0 spiro atoms. The number of hydrogen-bond acceptors (Lipinski definition) is 2. The minimum atomic E-state index is -0.380. The summed E-state index contributed by atoms with van der Waals surface area (Å²) in [5.41, 5.74) is 0.527. The van der Waals surface area contributed by atoms with Gasteiger partial charge in [0.15, 0.2) is 0 Å². The molecular formula is C21H35IO2. The molecule has 4 saturated carbocycles. The Bertz CT molecular complexity index is 496. The normalized spacial score (nSPS) is 57.1. The van der Waals surface area contributed by atoms with Crippen LogP contribution >= 0.6 is 22.6 Å².